The van der Waals surface area contributed by atoms with Crippen LogP contribution in [0.25, 0.3) is 0 Å². The topological polar surface area (TPSA) is 15.3 Å². The molecule has 0 radical (unpaired) electrons. The third kappa shape index (κ3) is 3.51. The molecule has 1 aliphatic heterocycles. The van der Waals surface area contributed by atoms with Crippen molar-refractivity contribution in [3.05, 3.63) is 35.6 Å². The highest BCUT2D eigenvalue weighted by Crippen LogP contribution is 2.19. The number of hydrogen-bond donors (Lipinski definition) is 1. The van der Waals surface area contributed by atoms with Gasteiger partial charge in [0.15, 0.2) is 0 Å². The lowest BCUT2D eigenvalue weighted by Crippen LogP contribution is -2.26. The van der Waals surface area contributed by atoms with Gasteiger partial charge in [-0.3, -0.25) is 4.90 Å². The van der Waals surface area contributed by atoms with Crippen LogP contribution in [0.3, 0.4) is 0 Å². The minimum atomic E-state index is -0.0809. The molecule has 1 aromatic rings. The molecule has 0 spiro atoms. The minimum absolute atomic E-state index is 0.0809. The third-order valence-electron chi connectivity index (χ3n) is 3.40. The van der Waals surface area contributed by atoms with Gasteiger partial charge < -0.3 is 5.32 Å². The van der Waals surface area contributed by atoms with Crippen LogP contribution in [0, 0.1) is 11.7 Å². The monoisotopic (exact) mass is 236 g/mol. The van der Waals surface area contributed by atoms with Crippen LogP contribution < -0.4 is 5.32 Å². The van der Waals surface area contributed by atoms with Crippen molar-refractivity contribution in [3.8, 4) is 0 Å². The second-order valence-electron chi connectivity index (χ2n) is 4.79. The van der Waals surface area contributed by atoms with Gasteiger partial charge in [0.05, 0.1) is 0 Å². The van der Waals surface area contributed by atoms with E-state index in [0.717, 1.165) is 44.2 Å². The molecule has 0 aromatic heterocycles. The summed E-state index contributed by atoms with van der Waals surface area (Å²) in [7, 11) is 0. The lowest BCUT2D eigenvalue weighted by molar-refractivity contribution is 0.309. The Balaban J connectivity index is 1.83. The molecule has 1 aromatic carbocycles. The number of benzene rings is 1. The lowest BCUT2D eigenvalue weighted by Gasteiger charge is -2.16. The Kier molecular flexibility index (Phi) is 4.51. The molecule has 0 saturated carbocycles. The van der Waals surface area contributed by atoms with Gasteiger partial charge in [0.2, 0.25) is 0 Å². The standard InChI is InChI=1S/C14H21FN2/c1-2-16-9-12-7-8-17(10-12)11-13-5-3-4-6-14(13)15/h3-6,12,16H,2,7-11H2,1H3. The number of nitrogens with zero attached hydrogens (tertiary/aromatic N) is 1. The molecule has 1 atom stereocenters. The van der Waals surface area contributed by atoms with Crippen LogP contribution in [-0.2, 0) is 6.54 Å². The van der Waals surface area contributed by atoms with Gasteiger partial charge in [-0.15, -0.1) is 0 Å². The van der Waals surface area contributed by atoms with Crippen LogP contribution in [-0.4, -0.2) is 31.1 Å². The molecule has 1 aliphatic rings. The molecule has 1 N–H and O–H groups in total. The molecule has 1 saturated heterocycles. The Morgan fingerprint density at radius 1 is 1.41 bits per heavy atom. The first kappa shape index (κ1) is 12.5. The van der Waals surface area contributed by atoms with Crippen molar-refractivity contribution in [2.75, 3.05) is 26.2 Å². The summed E-state index contributed by atoms with van der Waals surface area (Å²) in [5, 5.41) is 3.39. The predicted octanol–water partition coefficient (Wildman–Crippen LogP) is 2.26. The Morgan fingerprint density at radius 2 is 2.24 bits per heavy atom. The lowest BCUT2D eigenvalue weighted by atomic mass is 10.1. The number of rotatable bonds is 5. The summed E-state index contributed by atoms with van der Waals surface area (Å²) in [5.41, 5.74) is 0.816. The summed E-state index contributed by atoms with van der Waals surface area (Å²) in [6.45, 7) is 7.17. The van der Waals surface area contributed by atoms with E-state index in [2.05, 4.69) is 17.1 Å². The van der Waals surface area contributed by atoms with E-state index in [4.69, 9.17) is 0 Å². The van der Waals surface area contributed by atoms with Crippen molar-refractivity contribution in [2.24, 2.45) is 5.92 Å². The van der Waals surface area contributed by atoms with E-state index < -0.39 is 0 Å². The normalized spacial score (nSPS) is 20.9. The molecule has 2 rings (SSSR count). The Bertz CT molecular complexity index is 354. The summed E-state index contributed by atoms with van der Waals surface area (Å²) < 4.78 is 13.5. The zero-order valence-electron chi connectivity index (χ0n) is 10.5. The first-order valence-electron chi connectivity index (χ1n) is 6.46. The SMILES string of the molecule is CCNCC1CCN(Cc2ccccc2F)C1. The zero-order valence-corrected chi connectivity index (χ0v) is 10.5. The Labute approximate surface area is 103 Å². The van der Waals surface area contributed by atoms with E-state index in [9.17, 15) is 4.39 Å². The Morgan fingerprint density at radius 3 is 3.00 bits per heavy atom. The maximum absolute atomic E-state index is 13.5. The summed E-state index contributed by atoms with van der Waals surface area (Å²) >= 11 is 0. The van der Waals surface area contributed by atoms with Gasteiger partial charge >= 0.3 is 0 Å². The highest BCUT2D eigenvalue weighted by Gasteiger charge is 2.22. The zero-order chi connectivity index (χ0) is 12.1. The average Bonchev–Trinajstić information content (AvgIpc) is 2.77. The van der Waals surface area contributed by atoms with Crippen molar-refractivity contribution in [2.45, 2.75) is 19.9 Å². The summed E-state index contributed by atoms with van der Waals surface area (Å²) in [6.07, 6.45) is 1.22. The van der Waals surface area contributed by atoms with Crippen LogP contribution in [0.1, 0.15) is 18.9 Å². The van der Waals surface area contributed by atoms with Crippen LogP contribution in [0.15, 0.2) is 24.3 Å². The molecule has 1 unspecified atom stereocenters. The van der Waals surface area contributed by atoms with Gasteiger partial charge in [-0.05, 0) is 38.0 Å². The van der Waals surface area contributed by atoms with Crippen molar-refractivity contribution in [3.63, 3.8) is 0 Å². The maximum Gasteiger partial charge on any atom is 0.127 e. The summed E-state index contributed by atoms with van der Waals surface area (Å²) in [4.78, 5) is 2.35. The highest BCUT2D eigenvalue weighted by atomic mass is 19.1. The van der Waals surface area contributed by atoms with Gasteiger partial charge in [-0.25, -0.2) is 4.39 Å². The number of likely N-dealkylation sites (tertiary alicyclic amines) is 1. The third-order valence-corrected chi connectivity index (χ3v) is 3.40. The van der Waals surface area contributed by atoms with Gasteiger partial charge in [-0.1, -0.05) is 25.1 Å². The van der Waals surface area contributed by atoms with Crippen molar-refractivity contribution in [1.82, 2.24) is 10.2 Å². The quantitative estimate of drug-likeness (QED) is 0.843. The largest absolute Gasteiger partial charge is 0.317 e. The second-order valence-corrected chi connectivity index (χ2v) is 4.79. The van der Waals surface area contributed by atoms with E-state index in [0.29, 0.717) is 0 Å². The number of halogens is 1. The van der Waals surface area contributed by atoms with Crippen LogP contribution >= 0.6 is 0 Å². The molecule has 0 aliphatic carbocycles. The van der Waals surface area contributed by atoms with Crippen molar-refractivity contribution in [1.29, 1.82) is 0 Å². The summed E-state index contributed by atoms with van der Waals surface area (Å²) in [5.74, 6) is 0.643. The maximum atomic E-state index is 13.5. The molecule has 3 heteroatoms. The van der Waals surface area contributed by atoms with Crippen LogP contribution in [0.5, 0.6) is 0 Å². The van der Waals surface area contributed by atoms with Gasteiger partial charge in [-0.2, -0.15) is 0 Å². The van der Waals surface area contributed by atoms with E-state index in [1.54, 1.807) is 12.1 Å². The minimum Gasteiger partial charge on any atom is -0.317 e. The number of nitrogens with one attached hydrogen (secondary N) is 1. The van der Waals surface area contributed by atoms with Gasteiger partial charge in [0.1, 0.15) is 5.82 Å². The number of hydrogen-bond acceptors (Lipinski definition) is 2. The molecule has 1 heterocycles. The van der Waals surface area contributed by atoms with Crippen LogP contribution in [0.2, 0.25) is 0 Å². The molecular formula is C14H21FN2. The molecule has 0 amide bonds. The molecule has 17 heavy (non-hydrogen) atoms. The fraction of sp³-hybridized carbons (Fsp3) is 0.571. The predicted molar refractivity (Wildman–Crippen MR) is 68.3 cm³/mol. The van der Waals surface area contributed by atoms with Gasteiger partial charge in [0.25, 0.3) is 0 Å². The Hall–Kier alpha value is -0.930. The van der Waals surface area contributed by atoms with Crippen LogP contribution in [0.4, 0.5) is 4.39 Å². The first-order chi connectivity index (χ1) is 8.29. The van der Waals surface area contributed by atoms with Crippen molar-refractivity contribution >= 4 is 0 Å². The fourth-order valence-corrected chi connectivity index (χ4v) is 2.44. The van der Waals surface area contributed by atoms with E-state index >= 15 is 0 Å². The summed E-state index contributed by atoms with van der Waals surface area (Å²) in [6, 6.07) is 7.08. The molecule has 1 fully saturated rings. The average molecular weight is 236 g/mol. The smallest absolute Gasteiger partial charge is 0.127 e. The van der Waals surface area contributed by atoms with Gasteiger partial charge in [0, 0.05) is 18.7 Å². The second kappa shape index (κ2) is 6.12. The van der Waals surface area contributed by atoms with E-state index in [-0.39, 0.29) is 5.82 Å². The van der Waals surface area contributed by atoms with Crippen molar-refractivity contribution < 1.29 is 4.39 Å². The highest BCUT2D eigenvalue weighted by molar-refractivity contribution is 5.17. The first-order valence-corrected chi connectivity index (χ1v) is 6.46. The fourth-order valence-electron chi connectivity index (χ4n) is 2.44. The van der Waals surface area contributed by atoms with E-state index in [1.807, 2.05) is 12.1 Å². The molecule has 94 valence electrons. The molecule has 2 nitrogen and oxygen atoms in total. The van der Waals surface area contributed by atoms with E-state index in [1.165, 1.54) is 6.42 Å². The molecule has 0 bridgehead atoms. The molecular weight excluding hydrogens is 215 g/mol.